The summed E-state index contributed by atoms with van der Waals surface area (Å²) >= 11 is 1.50. The molecule has 1 N–H and O–H groups in total. The molecule has 0 saturated carbocycles. The van der Waals surface area contributed by atoms with Crippen LogP contribution in [0.5, 0.6) is 11.5 Å². The van der Waals surface area contributed by atoms with Gasteiger partial charge in [-0.2, -0.15) is 0 Å². The second-order valence-electron chi connectivity index (χ2n) is 10.2. The zero-order valence-electron chi connectivity index (χ0n) is 26.3. The highest BCUT2D eigenvalue weighted by Gasteiger charge is 2.34. The zero-order chi connectivity index (χ0) is 32.3. The first-order valence-electron chi connectivity index (χ1n) is 14.7. The molecule has 3 aromatic carbocycles. The van der Waals surface area contributed by atoms with Gasteiger partial charge in [0.15, 0.2) is 0 Å². The Morgan fingerprint density at radius 3 is 2.18 bits per heavy atom. The average Bonchev–Trinajstić information content (AvgIpc) is 3.04. The van der Waals surface area contributed by atoms with E-state index in [1.165, 1.54) is 28.8 Å². The summed E-state index contributed by atoms with van der Waals surface area (Å²) in [4.78, 5) is 30.2. The molecule has 0 aliphatic carbocycles. The Hall–Kier alpha value is -3.70. The third-order valence-corrected chi connectivity index (χ3v) is 9.77. The van der Waals surface area contributed by atoms with Gasteiger partial charge >= 0.3 is 0 Å². The van der Waals surface area contributed by atoms with Gasteiger partial charge in [-0.15, -0.1) is 11.8 Å². The molecule has 0 saturated heterocycles. The molecule has 0 heterocycles. The van der Waals surface area contributed by atoms with Crippen LogP contribution >= 0.6 is 11.8 Å². The van der Waals surface area contributed by atoms with Crippen molar-refractivity contribution >= 4 is 39.3 Å². The summed E-state index contributed by atoms with van der Waals surface area (Å²) in [6.45, 7) is 7.59. The molecule has 0 fully saturated rings. The van der Waals surface area contributed by atoms with Crippen molar-refractivity contribution in [1.29, 1.82) is 0 Å². The minimum absolute atomic E-state index is 0.0536. The summed E-state index contributed by atoms with van der Waals surface area (Å²) < 4.78 is 40.3. The minimum Gasteiger partial charge on any atom is -0.497 e. The van der Waals surface area contributed by atoms with E-state index in [9.17, 15) is 18.0 Å². The molecule has 2 amide bonds. The molecule has 0 spiro atoms. The van der Waals surface area contributed by atoms with Crippen molar-refractivity contribution in [3.05, 3.63) is 78.4 Å². The highest BCUT2D eigenvalue weighted by atomic mass is 32.2. The maximum atomic E-state index is 14.3. The first-order chi connectivity index (χ1) is 21.1. The van der Waals surface area contributed by atoms with Gasteiger partial charge in [0.2, 0.25) is 11.8 Å². The van der Waals surface area contributed by atoms with E-state index in [0.717, 1.165) is 21.2 Å². The van der Waals surface area contributed by atoms with Crippen molar-refractivity contribution < 1.29 is 27.5 Å². The Bertz CT molecular complexity index is 1480. The van der Waals surface area contributed by atoms with E-state index in [2.05, 4.69) is 5.32 Å². The number of amides is 2. The summed E-state index contributed by atoms with van der Waals surface area (Å²) in [5.41, 5.74) is 1.05. The molecule has 0 radical (unpaired) electrons. The third-order valence-electron chi connectivity index (χ3n) is 7.24. The van der Waals surface area contributed by atoms with Gasteiger partial charge in [-0.05, 0) is 99.2 Å². The van der Waals surface area contributed by atoms with Crippen molar-refractivity contribution in [2.24, 2.45) is 0 Å². The van der Waals surface area contributed by atoms with Crippen LogP contribution < -0.4 is 19.1 Å². The zero-order valence-corrected chi connectivity index (χ0v) is 27.9. The monoisotopic (exact) mass is 641 g/mol. The highest BCUT2D eigenvalue weighted by Crippen LogP contribution is 2.28. The van der Waals surface area contributed by atoms with Gasteiger partial charge < -0.3 is 19.7 Å². The summed E-state index contributed by atoms with van der Waals surface area (Å²) in [5.74, 6) is 0.384. The van der Waals surface area contributed by atoms with Crippen molar-refractivity contribution in [2.75, 3.05) is 30.8 Å². The Balaban J connectivity index is 2.08. The molecule has 11 heteroatoms. The number of sulfonamides is 1. The van der Waals surface area contributed by atoms with E-state index in [1.807, 2.05) is 46.1 Å². The number of thioether (sulfide) groups is 1. The SMILES string of the molecule is CCOc1ccc(N(CC(=O)N(Cc2cccc(OC)c2)C(CC)C(=O)NC(C)CC)S(=O)(=O)c2ccc(SC)cc2)cc1. The second kappa shape index (κ2) is 16.4. The van der Waals surface area contributed by atoms with E-state index in [4.69, 9.17) is 9.47 Å². The molecule has 44 heavy (non-hydrogen) atoms. The Labute approximate surface area is 266 Å². The lowest BCUT2D eigenvalue weighted by molar-refractivity contribution is -0.140. The topological polar surface area (TPSA) is 105 Å². The number of hydrogen-bond donors (Lipinski definition) is 1. The molecular formula is C33H43N3O6S2. The molecule has 3 aromatic rings. The molecular weight excluding hydrogens is 599 g/mol. The lowest BCUT2D eigenvalue weighted by Crippen LogP contribution is -2.53. The summed E-state index contributed by atoms with van der Waals surface area (Å²) in [5, 5.41) is 2.99. The first kappa shape index (κ1) is 34.8. The van der Waals surface area contributed by atoms with Crippen LogP contribution in [0, 0.1) is 0 Å². The second-order valence-corrected chi connectivity index (χ2v) is 13.0. The van der Waals surface area contributed by atoms with Crippen molar-refractivity contribution in [2.45, 2.75) is 69.0 Å². The fourth-order valence-electron chi connectivity index (χ4n) is 4.61. The number of benzene rings is 3. The van der Waals surface area contributed by atoms with E-state index in [1.54, 1.807) is 55.6 Å². The first-order valence-corrected chi connectivity index (χ1v) is 17.4. The van der Waals surface area contributed by atoms with Crippen LogP contribution in [-0.2, 0) is 26.2 Å². The lowest BCUT2D eigenvalue weighted by atomic mass is 10.1. The van der Waals surface area contributed by atoms with Gasteiger partial charge in [-0.25, -0.2) is 8.42 Å². The van der Waals surface area contributed by atoms with Crippen LogP contribution in [0.2, 0.25) is 0 Å². The Morgan fingerprint density at radius 1 is 0.932 bits per heavy atom. The predicted octanol–water partition coefficient (Wildman–Crippen LogP) is 5.73. The van der Waals surface area contributed by atoms with Crippen LogP contribution in [0.15, 0.2) is 82.6 Å². The number of rotatable bonds is 16. The van der Waals surface area contributed by atoms with Crippen LogP contribution in [0.25, 0.3) is 0 Å². The highest BCUT2D eigenvalue weighted by molar-refractivity contribution is 7.98. The molecule has 2 atom stereocenters. The molecule has 238 valence electrons. The van der Waals surface area contributed by atoms with Crippen LogP contribution in [0.4, 0.5) is 5.69 Å². The maximum absolute atomic E-state index is 14.3. The van der Waals surface area contributed by atoms with E-state index >= 15 is 0 Å². The third kappa shape index (κ3) is 8.92. The summed E-state index contributed by atoms with van der Waals surface area (Å²) in [6, 6.07) is 19.5. The van der Waals surface area contributed by atoms with Crippen molar-refractivity contribution in [3.8, 4) is 11.5 Å². The minimum atomic E-state index is -4.18. The fraction of sp³-hybridized carbons (Fsp3) is 0.394. The summed E-state index contributed by atoms with van der Waals surface area (Å²) in [7, 11) is -2.62. The molecule has 2 unspecified atom stereocenters. The van der Waals surface area contributed by atoms with Gasteiger partial charge in [-0.1, -0.05) is 26.0 Å². The van der Waals surface area contributed by atoms with Crippen LogP contribution in [-0.4, -0.2) is 63.7 Å². The van der Waals surface area contributed by atoms with Crippen molar-refractivity contribution in [3.63, 3.8) is 0 Å². The number of nitrogens with zero attached hydrogens (tertiary/aromatic N) is 2. The summed E-state index contributed by atoms with van der Waals surface area (Å²) in [6.07, 6.45) is 2.97. The van der Waals surface area contributed by atoms with Crippen molar-refractivity contribution in [1.82, 2.24) is 10.2 Å². The van der Waals surface area contributed by atoms with E-state index < -0.39 is 28.5 Å². The smallest absolute Gasteiger partial charge is 0.264 e. The van der Waals surface area contributed by atoms with Gasteiger partial charge in [0.1, 0.15) is 24.1 Å². The van der Waals surface area contributed by atoms with Crippen LogP contribution in [0.1, 0.15) is 46.1 Å². The van der Waals surface area contributed by atoms with Gasteiger partial charge in [0.05, 0.1) is 24.3 Å². The number of nitrogens with one attached hydrogen (secondary N) is 1. The number of anilines is 1. The average molecular weight is 642 g/mol. The number of hydrogen-bond acceptors (Lipinski definition) is 7. The van der Waals surface area contributed by atoms with Gasteiger partial charge in [-0.3, -0.25) is 13.9 Å². The number of carbonyl (C=O) groups excluding carboxylic acids is 2. The predicted molar refractivity (Wildman–Crippen MR) is 176 cm³/mol. The fourth-order valence-corrected chi connectivity index (χ4v) is 6.43. The molecule has 0 aromatic heterocycles. The molecule has 9 nitrogen and oxygen atoms in total. The van der Waals surface area contributed by atoms with Crippen LogP contribution in [0.3, 0.4) is 0 Å². The number of ether oxygens (including phenoxy) is 2. The lowest BCUT2D eigenvalue weighted by Gasteiger charge is -2.33. The molecule has 3 rings (SSSR count). The Kier molecular flexibility index (Phi) is 13.0. The quantitative estimate of drug-likeness (QED) is 0.199. The number of methoxy groups -OCH3 is 1. The molecule has 0 aliphatic rings. The Morgan fingerprint density at radius 2 is 1.61 bits per heavy atom. The normalized spacial score (nSPS) is 12.6. The van der Waals surface area contributed by atoms with Gasteiger partial charge in [0.25, 0.3) is 10.0 Å². The molecule has 0 bridgehead atoms. The van der Waals surface area contributed by atoms with E-state index in [-0.39, 0.29) is 23.4 Å². The maximum Gasteiger partial charge on any atom is 0.264 e. The largest absolute Gasteiger partial charge is 0.497 e. The standard InChI is InChI=1S/C33H43N3O6S2/c1-7-24(4)34-33(38)31(8-2)35(22-25-11-10-12-28(21-25)41-5)32(37)23-36(26-13-15-27(16-14-26)42-9-3)44(39,40)30-19-17-29(43-6)18-20-30/h10-21,24,31H,7-9,22-23H2,1-6H3,(H,34,38). The van der Waals surface area contributed by atoms with E-state index in [0.29, 0.717) is 30.2 Å². The molecule has 0 aliphatic heterocycles. The number of carbonyl (C=O) groups is 2. The van der Waals surface area contributed by atoms with Gasteiger partial charge in [0, 0.05) is 17.5 Å².